The Morgan fingerprint density at radius 2 is 1.96 bits per heavy atom. The molecule has 23 heavy (non-hydrogen) atoms. The second kappa shape index (κ2) is 7.20. The Kier molecular flexibility index (Phi) is 5.07. The topological polar surface area (TPSA) is 96.0 Å². The van der Waals surface area contributed by atoms with Crippen LogP contribution in [0.4, 0.5) is 11.4 Å². The molecular formula is C16H10ClN3O3. The summed E-state index contributed by atoms with van der Waals surface area (Å²) in [6, 6.07) is 13.9. The van der Waals surface area contributed by atoms with Gasteiger partial charge in [0.05, 0.1) is 4.92 Å². The number of nitrogens with zero attached hydrogens (tertiary/aromatic N) is 2. The van der Waals surface area contributed by atoms with E-state index in [1.54, 1.807) is 24.3 Å². The van der Waals surface area contributed by atoms with E-state index in [1.165, 1.54) is 30.3 Å². The minimum atomic E-state index is -0.610. The summed E-state index contributed by atoms with van der Waals surface area (Å²) in [5, 5.41) is 22.7. The molecule has 1 amide bonds. The summed E-state index contributed by atoms with van der Waals surface area (Å²) in [5.74, 6) is -0.610. The molecule has 0 unspecified atom stereocenters. The summed E-state index contributed by atoms with van der Waals surface area (Å²) in [6.07, 6.45) is 1.41. The van der Waals surface area contributed by atoms with E-state index in [-0.39, 0.29) is 11.3 Å². The van der Waals surface area contributed by atoms with Crippen molar-refractivity contribution in [2.75, 3.05) is 5.32 Å². The van der Waals surface area contributed by atoms with E-state index < -0.39 is 10.8 Å². The summed E-state index contributed by atoms with van der Waals surface area (Å²) in [7, 11) is 0. The van der Waals surface area contributed by atoms with Crippen LogP contribution >= 0.6 is 11.6 Å². The molecule has 0 spiro atoms. The number of hydrogen-bond donors (Lipinski definition) is 1. The van der Waals surface area contributed by atoms with Crippen LogP contribution in [0.15, 0.2) is 54.1 Å². The molecule has 0 atom stereocenters. The lowest BCUT2D eigenvalue weighted by atomic mass is 10.1. The standard InChI is InChI=1S/C16H10ClN3O3/c17-13-3-1-2-11(9-13)8-12(10-18)16(21)19-14-4-6-15(7-5-14)20(22)23/h1-9H,(H,19,21). The molecular weight excluding hydrogens is 318 g/mol. The van der Waals surface area contributed by atoms with E-state index in [2.05, 4.69) is 5.32 Å². The third-order valence-electron chi connectivity index (χ3n) is 2.86. The third-order valence-corrected chi connectivity index (χ3v) is 3.10. The van der Waals surface area contributed by atoms with E-state index in [1.807, 2.05) is 6.07 Å². The second-order valence-corrected chi connectivity index (χ2v) is 4.92. The number of nitro benzene ring substituents is 1. The SMILES string of the molecule is N#CC(=Cc1cccc(Cl)c1)C(=O)Nc1ccc([N+](=O)[O-])cc1. The van der Waals surface area contributed by atoms with Gasteiger partial charge in [0, 0.05) is 22.8 Å². The van der Waals surface area contributed by atoms with Crippen molar-refractivity contribution in [3.05, 3.63) is 74.8 Å². The van der Waals surface area contributed by atoms with E-state index in [0.717, 1.165) is 0 Å². The van der Waals surface area contributed by atoms with Crippen molar-refractivity contribution < 1.29 is 9.72 Å². The van der Waals surface area contributed by atoms with Crippen LogP contribution in [0.5, 0.6) is 0 Å². The van der Waals surface area contributed by atoms with Crippen molar-refractivity contribution in [2.45, 2.75) is 0 Å². The number of halogens is 1. The maximum atomic E-state index is 12.1. The summed E-state index contributed by atoms with van der Waals surface area (Å²) >= 11 is 5.85. The average Bonchev–Trinajstić information content (AvgIpc) is 2.53. The van der Waals surface area contributed by atoms with E-state index >= 15 is 0 Å². The first kappa shape index (κ1) is 16.2. The molecule has 2 rings (SSSR count). The Labute approximate surface area is 136 Å². The van der Waals surface area contributed by atoms with Crippen molar-refractivity contribution in [1.82, 2.24) is 0 Å². The van der Waals surface area contributed by atoms with Crippen LogP contribution in [0.3, 0.4) is 0 Å². The monoisotopic (exact) mass is 327 g/mol. The summed E-state index contributed by atoms with van der Waals surface area (Å²) < 4.78 is 0. The van der Waals surface area contributed by atoms with Gasteiger partial charge in [0.15, 0.2) is 0 Å². The Morgan fingerprint density at radius 1 is 1.26 bits per heavy atom. The number of amides is 1. The van der Waals surface area contributed by atoms with Crippen molar-refractivity contribution in [2.24, 2.45) is 0 Å². The number of benzene rings is 2. The second-order valence-electron chi connectivity index (χ2n) is 4.48. The van der Waals surface area contributed by atoms with Crippen molar-refractivity contribution >= 4 is 35.0 Å². The maximum absolute atomic E-state index is 12.1. The van der Waals surface area contributed by atoms with Crippen LogP contribution in [0.1, 0.15) is 5.56 Å². The van der Waals surface area contributed by atoms with Gasteiger partial charge in [0.25, 0.3) is 11.6 Å². The Balaban J connectivity index is 2.17. The van der Waals surface area contributed by atoms with Crippen LogP contribution < -0.4 is 5.32 Å². The van der Waals surface area contributed by atoms with Gasteiger partial charge in [-0.1, -0.05) is 23.7 Å². The van der Waals surface area contributed by atoms with Gasteiger partial charge in [-0.3, -0.25) is 14.9 Å². The number of hydrogen-bond acceptors (Lipinski definition) is 4. The van der Waals surface area contributed by atoms with Gasteiger partial charge < -0.3 is 5.32 Å². The molecule has 0 aliphatic heterocycles. The number of non-ortho nitro benzene ring substituents is 1. The quantitative estimate of drug-likeness (QED) is 0.400. The molecule has 1 N–H and O–H groups in total. The fourth-order valence-electron chi connectivity index (χ4n) is 1.78. The number of rotatable bonds is 4. The molecule has 0 aromatic heterocycles. The number of nitrogens with one attached hydrogen (secondary N) is 1. The Hall–Kier alpha value is -3.17. The fraction of sp³-hybridized carbons (Fsp3) is 0. The molecule has 2 aromatic rings. The number of anilines is 1. The first-order chi connectivity index (χ1) is 11.0. The smallest absolute Gasteiger partial charge is 0.269 e. The zero-order chi connectivity index (χ0) is 16.8. The summed E-state index contributed by atoms with van der Waals surface area (Å²) in [4.78, 5) is 22.1. The largest absolute Gasteiger partial charge is 0.321 e. The number of nitro groups is 1. The normalized spacial score (nSPS) is 10.7. The lowest BCUT2D eigenvalue weighted by Crippen LogP contribution is -2.13. The van der Waals surface area contributed by atoms with Gasteiger partial charge in [-0.2, -0.15) is 5.26 Å². The highest BCUT2D eigenvalue weighted by atomic mass is 35.5. The van der Waals surface area contributed by atoms with Crippen molar-refractivity contribution in [3.8, 4) is 6.07 Å². The molecule has 6 nitrogen and oxygen atoms in total. The Bertz CT molecular complexity index is 823. The molecule has 0 saturated carbocycles. The summed E-state index contributed by atoms with van der Waals surface area (Å²) in [6.45, 7) is 0. The molecule has 2 aromatic carbocycles. The number of carbonyl (C=O) groups excluding carboxylic acids is 1. The molecule has 0 aliphatic carbocycles. The minimum Gasteiger partial charge on any atom is -0.321 e. The Morgan fingerprint density at radius 3 is 2.52 bits per heavy atom. The van der Waals surface area contributed by atoms with Gasteiger partial charge in [-0.15, -0.1) is 0 Å². The first-order valence-corrected chi connectivity index (χ1v) is 6.80. The highest BCUT2D eigenvalue weighted by Crippen LogP contribution is 2.17. The predicted octanol–water partition coefficient (Wildman–Crippen LogP) is 3.79. The van der Waals surface area contributed by atoms with Crippen LogP contribution in [0, 0.1) is 21.4 Å². The average molecular weight is 328 g/mol. The van der Waals surface area contributed by atoms with Gasteiger partial charge in [0.2, 0.25) is 0 Å². The van der Waals surface area contributed by atoms with Crippen LogP contribution in [0.25, 0.3) is 6.08 Å². The van der Waals surface area contributed by atoms with E-state index in [4.69, 9.17) is 16.9 Å². The predicted molar refractivity (Wildman–Crippen MR) is 86.8 cm³/mol. The molecule has 114 valence electrons. The molecule has 0 bridgehead atoms. The highest BCUT2D eigenvalue weighted by Gasteiger charge is 2.11. The van der Waals surface area contributed by atoms with Crippen LogP contribution in [0.2, 0.25) is 5.02 Å². The zero-order valence-corrected chi connectivity index (χ0v) is 12.4. The van der Waals surface area contributed by atoms with Crippen LogP contribution in [-0.4, -0.2) is 10.8 Å². The summed E-state index contributed by atoms with van der Waals surface area (Å²) in [5.41, 5.74) is 0.782. The van der Waals surface area contributed by atoms with Gasteiger partial charge in [-0.05, 0) is 35.9 Å². The maximum Gasteiger partial charge on any atom is 0.269 e. The molecule has 0 heterocycles. The molecule has 0 fully saturated rings. The van der Waals surface area contributed by atoms with Crippen molar-refractivity contribution in [3.63, 3.8) is 0 Å². The van der Waals surface area contributed by atoms with Gasteiger partial charge in [0.1, 0.15) is 11.6 Å². The van der Waals surface area contributed by atoms with E-state index in [9.17, 15) is 14.9 Å². The van der Waals surface area contributed by atoms with Gasteiger partial charge >= 0.3 is 0 Å². The zero-order valence-electron chi connectivity index (χ0n) is 11.7. The number of nitriles is 1. The number of carbonyl (C=O) groups is 1. The molecule has 7 heteroatoms. The molecule has 0 saturated heterocycles. The van der Waals surface area contributed by atoms with Crippen LogP contribution in [-0.2, 0) is 4.79 Å². The lowest BCUT2D eigenvalue weighted by Gasteiger charge is -2.04. The first-order valence-electron chi connectivity index (χ1n) is 6.43. The lowest BCUT2D eigenvalue weighted by molar-refractivity contribution is -0.384. The minimum absolute atomic E-state index is 0.0852. The molecule has 0 aliphatic rings. The van der Waals surface area contributed by atoms with E-state index in [0.29, 0.717) is 16.3 Å². The van der Waals surface area contributed by atoms with Gasteiger partial charge in [-0.25, -0.2) is 0 Å². The molecule has 0 radical (unpaired) electrons. The third kappa shape index (κ3) is 4.40. The van der Waals surface area contributed by atoms with Crippen molar-refractivity contribution in [1.29, 1.82) is 5.26 Å². The highest BCUT2D eigenvalue weighted by molar-refractivity contribution is 6.30. The fourth-order valence-corrected chi connectivity index (χ4v) is 1.98.